The molecule has 1 saturated heterocycles. The van der Waals surface area contributed by atoms with Gasteiger partial charge in [-0.05, 0) is 55.3 Å². The fourth-order valence-corrected chi connectivity index (χ4v) is 5.31. The molecule has 1 saturated carbocycles. The number of pyridine rings is 1. The molecule has 3 aromatic rings. The summed E-state index contributed by atoms with van der Waals surface area (Å²) < 4.78 is 30.4. The van der Waals surface area contributed by atoms with Gasteiger partial charge in [-0.25, -0.2) is 17.7 Å². The molecule has 3 heterocycles. The van der Waals surface area contributed by atoms with Crippen LogP contribution in [0.5, 0.6) is 0 Å². The lowest BCUT2D eigenvalue weighted by Crippen LogP contribution is -2.33. The zero-order valence-electron chi connectivity index (χ0n) is 21.0. The van der Waals surface area contributed by atoms with Crippen molar-refractivity contribution in [3.63, 3.8) is 0 Å². The molecule has 9 nitrogen and oxygen atoms in total. The maximum Gasteiger partial charge on any atom is 0.248 e. The summed E-state index contributed by atoms with van der Waals surface area (Å²) in [5.41, 5.74) is 2.64. The van der Waals surface area contributed by atoms with Gasteiger partial charge in [0.1, 0.15) is 5.82 Å². The normalized spacial score (nSPS) is 23.8. The number of nitrogens with one attached hydrogen (secondary N) is 1. The Balaban J connectivity index is 1.45. The average Bonchev–Trinajstić information content (AvgIpc) is 3.36. The maximum absolute atomic E-state index is 11.5. The van der Waals surface area contributed by atoms with Crippen LogP contribution in [0.1, 0.15) is 55.3 Å². The van der Waals surface area contributed by atoms with Crippen molar-refractivity contribution in [2.45, 2.75) is 44.7 Å². The molecule has 1 aliphatic heterocycles. The van der Waals surface area contributed by atoms with Gasteiger partial charge in [-0.2, -0.15) is 0 Å². The van der Waals surface area contributed by atoms with E-state index in [1.807, 2.05) is 25.2 Å². The summed E-state index contributed by atoms with van der Waals surface area (Å²) in [6.07, 6.45) is 3.36. The third kappa shape index (κ3) is 5.61. The summed E-state index contributed by atoms with van der Waals surface area (Å²) in [5.74, 6) is 3.39. The minimum atomic E-state index is -2.70. The third-order valence-corrected chi connectivity index (χ3v) is 8.05. The van der Waals surface area contributed by atoms with Crippen LogP contribution in [0.3, 0.4) is 0 Å². The van der Waals surface area contributed by atoms with Gasteiger partial charge in [-0.15, -0.1) is 10.2 Å². The third-order valence-electron chi connectivity index (χ3n) is 7.35. The number of nitrogens with zero attached hydrogens (tertiary/aromatic N) is 5. The average molecular weight is 511 g/mol. The van der Waals surface area contributed by atoms with Crippen molar-refractivity contribution in [3.8, 4) is 11.5 Å². The standard InChI is InChI=1S/C26H34N6O3S/c1-17-12-20(17)15-31(2)23-14-19(13-21(28-23)16-32(3)36(33)34)25-29-30-26(35-25)24-22(10-7-11-27-24)18-8-5-4-6-9-18/h4-6,8-9,13-14,17,20,22,24,27,36H,7,10-12,15-16H2,1-3H3/t17?,20?,22-,24-/m0/s1. The predicted molar refractivity (Wildman–Crippen MR) is 139 cm³/mol. The summed E-state index contributed by atoms with van der Waals surface area (Å²) in [4.78, 5) is 6.88. The van der Waals surface area contributed by atoms with Gasteiger partial charge in [0.25, 0.3) is 0 Å². The molecule has 192 valence electrons. The van der Waals surface area contributed by atoms with Crippen LogP contribution in [-0.2, 0) is 17.4 Å². The van der Waals surface area contributed by atoms with Crippen LogP contribution in [0, 0.1) is 11.8 Å². The van der Waals surface area contributed by atoms with E-state index in [2.05, 4.69) is 51.6 Å². The molecular formula is C26H34N6O3S. The molecular weight excluding hydrogens is 476 g/mol. The van der Waals surface area contributed by atoms with Gasteiger partial charge in [-0.1, -0.05) is 37.3 Å². The van der Waals surface area contributed by atoms with Crippen molar-refractivity contribution in [1.82, 2.24) is 24.8 Å². The highest BCUT2D eigenvalue weighted by Crippen LogP contribution is 2.39. The van der Waals surface area contributed by atoms with E-state index >= 15 is 0 Å². The molecule has 0 bridgehead atoms. The molecule has 2 aromatic heterocycles. The monoisotopic (exact) mass is 510 g/mol. The second-order valence-corrected chi connectivity index (χ2v) is 11.3. The first-order chi connectivity index (χ1) is 17.4. The van der Waals surface area contributed by atoms with E-state index in [1.54, 1.807) is 7.05 Å². The lowest BCUT2D eigenvalue weighted by molar-refractivity contribution is 0.303. The Morgan fingerprint density at radius 1 is 1.14 bits per heavy atom. The number of aromatic nitrogens is 3. The van der Waals surface area contributed by atoms with Gasteiger partial charge < -0.3 is 14.6 Å². The topological polar surface area (TPSA) is 104 Å². The fourth-order valence-electron chi connectivity index (χ4n) is 5.05. The van der Waals surface area contributed by atoms with Crippen molar-refractivity contribution < 1.29 is 12.8 Å². The number of hydrogen-bond donors (Lipinski definition) is 2. The SMILES string of the molecule is CC1CC1CN(C)c1cc(-c2nnc([C@H]3NCCC[C@H]3c3ccccc3)o2)cc(CN(C)[SH](=O)=O)n1. The summed E-state index contributed by atoms with van der Waals surface area (Å²) in [7, 11) is 0.866. The zero-order valence-corrected chi connectivity index (χ0v) is 21.9. The molecule has 2 aliphatic rings. The second-order valence-electron chi connectivity index (χ2n) is 10.1. The Labute approximate surface area is 214 Å². The molecule has 36 heavy (non-hydrogen) atoms. The van der Waals surface area contributed by atoms with Gasteiger partial charge in [0, 0.05) is 32.1 Å². The first-order valence-corrected chi connectivity index (χ1v) is 13.7. The van der Waals surface area contributed by atoms with Crippen LogP contribution in [-0.4, -0.2) is 55.1 Å². The number of piperidine rings is 1. The lowest BCUT2D eigenvalue weighted by Gasteiger charge is -2.30. The van der Waals surface area contributed by atoms with Crippen molar-refractivity contribution in [2.24, 2.45) is 11.8 Å². The molecule has 2 fully saturated rings. The molecule has 0 amide bonds. The Bertz CT molecular complexity index is 1260. The smallest absolute Gasteiger partial charge is 0.248 e. The summed E-state index contributed by atoms with van der Waals surface area (Å²) in [5, 5.41) is 12.4. The summed E-state index contributed by atoms with van der Waals surface area (Å²) in [6.45, 7) is 4.24. The largest absolute Gasteiger partial charge is 0.419 e. The minimum Gasteiger partial charge on any atom is -0.419 e. The maximum atomic E-state index is 11.5. The van der Waals surface area contributed by atoms with Gasteiger partial charge in [0.05, 0.1) is 18.3 Å². The first-order valence-electron chi connectivity index (χ1n) is 12.6. The van der Waals surface area contributed by atoms with E-state index < -0.39 is 10.9 Å². The number of anilines is 1. The zero-order chi connectivity index (χ0) is 25.2. The molecule has 5 rings (SSSR count). The van der Waals surface area contributed by atoms with Gasteiger partial charge in [-0.3, -0.25) is 0 Å². The molecule has 4 atom stereocenters. The van der Waals surface area contributed by atoms with Crippen molar-refractivity contribution >= 4 is 16.7 Å². The minimum absolute atomic E-state index is 0.0576. The lowest BCUT2D eigenvalue weighted by atomic mass is 9.85. The Hall–Kier alpha value is -2.82. The van der Waals surface area contributed by atoms with Crippen LogP contribution in [0.4, 0.5) is 5.82 Å². The number of rotatable bonds is 9. The highest BCUT2D eigenvalue weighted by atomic mass is 32.2. The van der Waals surface area contributed by atoms with Crippen molar-refractivity contribution in [1.29, 1.82) is 0 Å². The van der Waals surface area contributed by atoms with E-state index in [4.69, 9.17) is 9.40 Å². The predicted octanol–water partition coefficient (Wildman–Crippen LogP) is 3.39. The van der Waals surface area contributed by atoms with Crippen LogP contribution in [0.2, 0.25) is 0 Å². The highest BCUT2D eigenvalue weighted by Gasteiger charge is 2.34. The summed E-state index contributed by atoms with van der Waals surface area (Å²) in [6, 6.07) is 14.2. The van der Waals surface area contributed by atoms with Crippen molar-refractivity contribution in [3.05, 3.63) is 59.6 Å². The summed E-state index contributed by atoms with van der Waals surface area (Å²) >= 11 is 0. The number of benzene rings is 1. The number of hydrogen-bond acceptors (Lipinski definition) is 8. The second kappa shape index (κ2) is 10.7. The van der Waals surface area contributed by atoms with E-state index in [0.717, 1.165) is 43.2 Å². The van der Waals surface area contributed by atoms with E-state index in [-0.39, 0.29) is 18.5 Å². The van der Waals surface area contributed by atoms with E-state index in [9.17, 15) is 8.42 Å². The molecule has 0 spiro atoms. The molecule has 1 aliphatic carbocycles. The van der Waals surface area contributed by atoms with Gasteiger partial charge in [0.2, 0.25) is 22.7 Å². The van der Waals surface area contributed by atoms with Gasteiger partial charge in [0.15, 0.2) is 0 Å². The fraction of sp³-hybridized carbons (Fsp3) is 0.500. The molecule has 1 N–H and O–H groups in total. The Morgan fingerprint density at radius 2 is 1.92 bits per heavy atom. The highest BCUT2D eigenvalue weighted by molar-refractivity contribution is 7.69. The Morgan fingerprint density at radius 3 is 2.64 bits per heavy atom. The molecule has 10 heteroatoms. The molecule has 0 radical (unpaired) electrons. The van der Waals surface area contributed by atoms with Gasteiger partial charge >= 0.3 is 0 Å². The van der Waals surface area contributed by atoms with Crippen LogP contribution in [0.15, 0.2) is 46.9 Å². The van der Waals surface area contributed by atoms with Crippen molar-refractivity contribution in [2.75, 3.05) is 32.1 Å². The van der Waals surface area contributed by atoms with E-state index in [1.165, 1.54) is 16.3 Å². The first kappa shape index (κ1) is 24.9. The molecule has 2 unspecified atom stereocenters. The Kier molecular flexibility index (Phi) is 7.36. The number of thiol groups is 1. The van der Waals surface area contributed by atoms with Crippen LogP contribution in [0.25, 0.3) is 11.5 Å². The quantitative estimate of drug-likeness (QED) is 0.422. The van der Waals surface area contributed by atoms with Crippen LogP contribution < -0.4 is 10.2 Å². The van der Waals surface area contributed by atoms with Crippen LogP contribution >= 0.6 is 0 Å². The van der Waals surface area contributed by atoms with E-state index in [0.29, 0.717) is 23.4 Å². The molecule has 1 aromatic carbocycles.